The molecule has 0 aliphatic heterocycles. The summed E-state index contributed by atoms with van der Waals surface area (Å²) < 4.78 is 0. The second-order valence-electron chi connectivity index (χ2n) is 5.63. The summed E-state index contributed by atoms with van der Waals surface area (Å²) in [5.41, 5.74) is 7.86. The number of pyridine rings is 1. The first-order chi connectivity index (χ1) is 10.5. The number of nitrogens with one attached hydrogen (secondary N) is 1. The fourth-order valence-corrected chi connectivity index (χ4v) is 2.88. The lowest BCUT2D eigenvalue weighted by Gasteiger charge is -2.25. The normalized spacial score (nSPS) is 16.8. The van der Waals surface area contributed by atoms with Crippen molar-refractivity contribution in [1.29, 1.82) is 0 Å². The van der Waals surface area contributed by atoms with Crippen molar-refractivity contribution < 1.29 is 14.4 Å². The van der Waals surface area contributed by atoms with Gasteiger partial charge in [0.25, 0.3) is 0 Å². The van der Waals surface area contributed by atoms with Gasteiger partial charge in [0.2, 0.25) is 0 Å². The number of anilines is 1. The Balaban J connectivity index is 1.88. The van der Waals surface area contributed by atoms with Crippen molar-refractivity contribution in [3.05, 3.63) is 23.0 Å². The van der Waals surface area contributed by atoms with Crippen LogP contribution < -0.4 is 11.2 Å². The van der Waals surface area contributed by atoms with Crippen molar-refractivity contribution in [2.45, 2.75) is 39.0 Å². The van der Waals surface area contributed by atoms with Crippen molar-refractivity contribution in [3.63, 3.8) is 0 Å². The number of hydrogen-bond acceptors (Lipinski definition) is 5. The van der Waals surface area contributed by atoms with E-state index in [1.165, 1.54) is 18.7 Å². The van der Waals surface area contributed by atoms with E-state index in [4.69, 9.17) is 22.2 Å². The van der Waals surface area contributed by atoms with Crippen LogP contribution in [-0.2, 0) is 9.63 Å². The maximum Gasteiger partial charge on any atom is 0.335 e. The van der Waals surface area contributed by atoms with Crippen LogP contribution in [0.1, 0.15) is 49.5 Å². The number of hydroxylamine groups is 1. The van der Waals surface area contributed by atoms with Crippen molar-refractivity contribution in [2.24, 2.45) is 11.8 Å². The molecule has 22 heavy (non-hydrogen) atoms. The lowest BCUT2D eigenvalue weighted by Crippen LogP contribution is -2.33. The van der Waals surface area contributed by atoms with E-state index in [9.17, 15) is 9.59 Å². The molecule has 1 aliphatic rings. The minimum Gasteiger partial charge on any atom is -0.397 e. The molecule has 1 aromatic heterocycles. The summed E-state index contributed by atoms with van der Waals surface area (Å²) in [7, 11) is 0. The molecule has 0 bridgehead atoms. The first kappa shape index (κ1) is 16.5. The van der Waals surface area contributed by atoms with Gasteiger partial charge in [0, 0.05) is 6.20 Å². The minimum atomic E-state index is -0.668. The highest BCUT2D eigenvalue weighted by Gasteiger charge is 2.27. The van der Waals surface area contributed by atoms with E-state index in [1.54, 1.807) is 0 Å². The minimum absolute atomic E-state index is 0.0254. The van der Waals surface area contributed by atoms with Crippen LogP contribution in [-0.4, -0.2) is 16.9 Å². The van der Waals surface area contributed by atoms with Crippen LogP contribution >= 0.6 is 11.6 Å². The van der Waals surface area contributed by atoms with Gasteiger partial charge in [0.1, 0.15) is 0 Å². The highest BCUT2D eigenvalue weighted by atomic mass is 35.5. The van der Waals surface area contributed by atoms with E-state index in [1.807, 2.05) is 6.92 Å². The molecule has 1 atom stereocenters. The number of halogens is 1. The van der Waals surface area contributed by atoms with E-state index < -0.39 is 11.9 Å². The smallest absolute Gasteiger partial charge is 0.335 e. The molecule has 0 unspecified atom stereocenters. The predicted octanol–water partition coefficient (Wildman–Crippen LogP) is 2.72. The summed E-state index contributed by atoms with van der Waals surface area (Å²) in [5.74, 6) is -1.03. The molecule has 0 spiro atoms. The number of rotatable bonds is 3. The molecular formula is C15H20ClN3O3. The summed E-state index contributed by atoms with van der Waals surface area (Å²) in [6.07, 6.45) is 6.85. The standard InChI is InChI=1S/C15H20ClN3O3/c1-9(10-5-3-2-4-6-10)15(21)22-19-14(20)13-12(17)7-11(16)8-18-13/h7-10H,2-6,17H2,1H3,(H,19,20)/t9-/m0/s1. The number of hydrogen-bond donors (Lipinski definition) is 2. The quantitative estimate of drug-likeness (QED) is 0.833. The Morgan fingerprint density at radius 3 is 2.73 bits per heavy atom. The number of nitrogens with two attached hydrogens (primary N) is 1. The molecule has 0 aromatic carbocycles. The molecule has 1 aromatic rings. The zero-order chi connectivity index (χ0) is 16.1. The summed E-state index contributed by atoms with van der Waals surface area (Å²) >= 11 is 5.72. The number of amides is 1. The molecular weight excluding hydrogens is 306 g/mol. The maximum atomic E-state index is 12.0. The van der Waals surface area contributed by atoms with Crippen LogP contribution in [0, 0.1) is 11.8 Å². The van der Waals surface area contributed by atoms with Gasteiger partial charge in [-0.1, -0.05) is 37.8 Å². The maximum absolute atomic E-state index is 12.0. The second kappa shape index (κ2) is 7.45. The molecule has 0 radical (unpaired) electrons. The average molecular weight is 326 g/mol. The van der Waals surface area contributed by atoms with E-state index in [2.05, 4.69) is 10.5 Å². The predicted molar refractivity (Wildman–Crippen MR) is 83.0 cm³/mol. The Hall–Kier alpha value is -1.82. The summed E-state index contributed by atoms with van der Waals surface area (Å²) in [6, 6.07) is 1.41. The van der Waals surface area contributed by atoms with Crippen LogP contribution in [0.4, 0.5) is 5.69 Å². The molecule has 0 saturated heterocycles. The zero-order valence-corrected chi connectivity index (χ0v) is 13.2. The van der Waals surface area contributed by atoms with Crippen LogP contribution in [0.15, 0.2) is 12.3 Å². The van der Waals surface area contributed by atoms with Crippen LogP contribution in [0.5, 0.6) is 0 Å². The van der Waals surface area contributed by atoms with Crippen molar-refractivity contribution in [1.82, 2.24) is 10.5 Å². The van der Waals surface area contributed by atoms with Gasteiger partial charge in [0.05, 0.1) is 16.6 Å². The molecule has 3 N–H and O–H groups in total. The molecule has 1 amide bonds. The first-order valence-corrected chi connectivity index (χ1v) is 7.79. The first-order valence-electron chi connectivity index (χ1n) is 7.41. The van der Waals surface area contributed by atoms with E-state index in [0.717, 1.165) is 25.7 Å². The molecule has 6 nitrogen and oxygen atoms in total. The number of carbonyl (C=O) groups excluding carboxylic acids is 2. The molecule has 1 saturated carbocycles. The SMILES string of the molecule is C[C@H](C(=O)ONC(=O)c1ncc(Cl)cc1N)C1CCCCC1. The molecule has 120 valence electrons. The van der Waals surface area contributed by atoms with Gasteiger partial charge < -0.3 is 10.6 Å². The van der Waals surface area contributed by atoms with Gasteiger partial charge in [0.15, 0.2) is 5.69 Å². The van der Waals surface area contributed by atoms with E-state index in [-0.39, 0.29) is 17.3 Å². The largest absolute Gasteiger partial charge is 0.397 e. The van der Waals surface area contributed by atoms with Gasteiger partial charge in [-0.2, -0.15) is 5.48 Å². The van der Waals surface area contributed by atoms with Crippen LogP contribution in [0.3, 0.4) is 0 Å². The Labute approximate surface area is 134 Å². The summed E-state index contributed by atoms with van der Waals surface area (Å²) in [4.78, 5) is 32.6. The average Bonchev–Trinajstić information content (AvgIpc) is 2.52. The lowest BCUT2D eigenvalue weighted by atomic mass is 9.81. The monoisotopic (exact) mass is 325 g/mol. The van der Waals surface area contributed by atoms with Gasteiger partial charge in [-0.25, -0.2) is 9.78 Å². The molecule has 7 heteroatoms. The van der Waals surface area contributed by atoms with Gasteiger partial charge in [-0.15, -0.1) is 0 Å². The molecule has 1 aliphatic carbocycles. The fraction of sp³-hybridized carbons (Fsp3) is 0.533. The van der Waals surface area contributed by atoms with Crippen molar-refractivity contribution in [2.75, 3.05) is 5.73 Å². The highest BCUT2D eigenvalue weighted by Crippen LogP contribution is 2.30. The second-order valence-corrected chi connectivity index (χ2v) is 6.07. The number of aromatic nitrogens is 1. The highest BCUT2D eigenvalue weighted by molar-refractivity contribution is 6.30. The fourth-order valence-electron chi connectivity index (χ4n) is 2.71. The van der Waals surface area contributed by atoms with Crippen molar-refractivity contribution in [3.8, 4) is 0 Å². The number of nitrogen functional groups attached to an aromatic ring is 1. The third kappa shape index (κ3) is 4.10. The lowest BCUT2D eigenvalue weighted by molar-refractivity contribution is -0.155. The Bertz CT molecular complexity index is 559. The van der Waals surface area contributed by atoms with Crippen LogP contribution in [0.25, 0.3) is 0 Å². The molecule has 1 fully saturated rings. The summed E-state index contributed by atoms with van der Waals surface area (Å²) in [5, 5.41) is 0.331. The van der Waals surface area contributed by atoms with Crippen LogP contribution in [0.2, 0.25) is 5.02 Å². The third-order valence-electron chi connectivity index (χ3n) is 4.07. The Morgan fingerprint density at radius 1 is 1.41 bits per heavy atom. The Morgan fingerprint density at radius 2 is 2.09 bits per heavy atom. The van der Waals surface area contributed by atoms with Gasteiger partial charge >= 0.3 is 11.9 Å². The summed E-state index contributed by atoms with van der Waals surface area (Å²) in [6.45, 7) is 1.83. The molecule has 1 heterocycles. The molecule has 2 rings (SSSR count). The van der Waals surface area contributed by atoms with Gasteiger partial charge in [-0.05, 0) is 24.8 Å². The zero-order valence-electron chi connectivity index (χ0n) is 12.5. The van der Waals surface area contributed by atoms with E-state index >= 15 is 0 Å². The van der Waals surface area contributed by atoms with Gasteiger partial charge in [-0.3, -0.25) is 4.79 Å². The number of carbonyl (C=O) groups is 2. The number of nitrogens with zero attached hydrogens (tertiary/aromatic N) is 1. The third-order valence-corrected chi connectivity index (χ3v) is 4.28. The Kier molecular flexibility index (Phi) is 5.60. The topological polar surface area (TPSA) is 94.3 Å². The van der Waals surface area contributed by atoms with E-state index in [0.29, 0.717) is 10.9 Å². The van der Waals surface area contributed by atoms with Crippen molar-refractivity contribution >= 4 is 29.2 Å².